The fourth-order valence-corrected chi connectivity index (χ4v) is 1.88. The van der Waals surface area contributed by atoms with Gasteiger partial charge in [-0.25, -0.2) is 0 Å². The van der Waals surface area contributed by atoms with E-state index in [2.05, 4.69) is 10.5 Å². The Morgan fingerprint density at radius 1 is 1.14 bits per heavy atom. The minimum atomic E-state index is -0.243. The number of rotatable bonds is 4. The first-order valence-corrected chi connectivity index (χ1v) is 6.39. The number of methoxy groups -OCH3 is 1. The maximum absolute atomic E-state index is 12.2. The molecule has 0 heterocycles. The molecule has 0 atom stereocenters. The molecule has 0 spiro atoms. The predicted octanol–water partition coefficient (Wildman–Crippen LogP) is 3.15. The Balaban J connectivity index is 2.16. The zero-order valence-corrected chi connectivity index (χ0v) is 11.8. The Kier molecular flexibility index (Phi) is 4.56. The fourth-order valence-electron chi connectivity index (χ4n) is 1.88. The number of carbonyl (C=O) groups excluding carboxylic acids is 1. The molecule has 0 radical (unpaired) electrons. The number of oxime groups is 1. The van der Waals surface area contributed by atoms with Crippen molar-refractivity contribution in [2.75, 3.05) is 12.4 Å². The summed E-state index contributed by atoms with van der Waals surface area (Å²) in [6, 6.07) is 14.1. The highest BCUT2D eigenvalue weighted by Crippen LogP contribution is 2.19. The molecule has 2 N–H and O–H groups in total. The van der Waals surface area contributed by atoms with Crippen LogP contribution >= 0.6 is 0 Å². The van der Waals surface area contributed by atoms with Crippen LogP contribution in [0.2, 0.25) is 0 Å². The van der Waals surface area contributed by atoms with Gasteiger partial charge in [-0.05, 0) is 36.8 Å². The maximum Gasteiger partial charge on any atom is 0.259 e. The molecule has 2 aromatic carbocycles. The maximum atomic E-state index is 12.2. The van der Waals surface area contributed by atoms with Crippen LogP contribution in [0.4, 0.5) is 5.69 Å². The van der Waals surface area contributed by atoms with Crippen LogP contribution in [0.15, 0.2) is 53.7 Å². The van der Waals surface area contributed by atoms with E-state index >= 15 is 0 Å². The highest BCUT2D eigenvalue weighted by molar-refractivity contribution is 6.06. The Bertz CT molecular complexity index is 663. The van der Waals surface area contributed by atoms with Crippen molar-refractivity contribution < 1.29 is 14.7 Å². The van der Waals surface area contributed by atoms with Crippen LogP contribution in [0.25, 0.3) is 0 Å². The number of hydrogen-bond donors (Lipinski definition) is 2. The Labute approximate surface area is 122 Å². The second-order valence-corrected chi connectivity index (χ2v) is 4.42. The van der Waals surface area contributed by atoms with E-state index in [1.807, 2.05) is 0 Å². The van der Waals surface area contributed by atoms with E-state index in [-0.39, 0.29) is 5.91 Å². The van der Waals surface area contributed by atoms with Crippen LogP contribution in [0.3, 0.4) is 0 Å². The molecule has 0 aliphatic rings. The predicted molar refractivity (Wildman–Crippen MR) is 81.4 cm³/mol. The van der Waals surface area contributed by atoms with Gasteiger partial charge in [-0.1, -0.05) is 29.4 Å². The van der Waals surface area contributed by atoms with Gasteiger partial charge in [0.15, 0.2) is 0 Å². The summed E-state index contributed by atoms with van der Waals surface area (Å²) in [4.78, 5) is 12.2. The SMILES string of the molecule is COc1ccccc1C(=O)Nc1ccc(/C(C)=N/O)cc1. The van der Waals surface area contributed by atoms with Gasteiger partial charge in [-0.2, -0.15) is 0 Å². The van der Waals surface area contributed by atoms with Gasteiger partial charge in [0.05, 0.1) is 18.4 Å². The number of nitrogens with zero attached hydrogens (tertiary/aromatic N) is 1. The van der Waals surface area contributed by atoms with Crippen LogP contribution in [0.1, 0.15) is 22.8 Å². The molecule has 5 nitrogen and oxygen atoms in total. The largest absolute Gasteiger partial charge is 0.496 e. The van der Waals surface area contributed by atoms with Crippen molar-refractivity contribution in [2.45, 2.75) is 6.92 Å². The molecule has 21 heavy (non-hydrogen) atoms. The smallest absolute Gasteiger partial charge is 0.259 e. The zero-order valence-electron chi connectivity index (χ0n) is 11.8. The average Bonchev–Trinajstić information content (AvgIpc) is 2.54. The normalized spacial score (nSPS) is 11.0. The van der Waals surface area contributed by atoms with Gasteiger partial charge in [0, 0.05) is 5.69 Å². The van der Waals surface area contributed by atoms with Gasteiger partial charge in [0.2, 0.25) is 0 Å². The lowest BCUT2D eigenvalue weighted by atomic mass is 10.1. The monoisotopic (exact) mass is 284 g/mol. The Morgan fingerprint density at radius 3 is 2.43 bits per heavy atom. The van der Waals surface area contributed by atoms with Crippen LogP contribution < -0.4 is 10.1 Å². The quantitative estimate of drug-likeness (QED) is 0.514. The molecule has 0 aromatic heterocycles. The molecule has 2 aromatic rings. The van der Waals surface area contributed by atoms with Gasteiger partial charge in [-0.15, -0.1) is 0 Å². The lowest BCUT2D eigenvalue weighted by molar-refractivity contribution is 0.102. The third-order valence-electron chi connectivity index (χ3n) is 3.06. The second-order valence-electron chi connectivity index (χ2n) is 4.42. The molecule has 0 unspecified atom stereocenters. The Hall–Kier alpha value is -2.82. The minimum absolute atomic E-state index is 0.243. The summed E-state index contributed by atoms with van der Waals surface area (Å²) >= 11 is 0. The highest BCUT2D eigenvalue weighted by atomic mass is 16.5. The fraction of sp³-hybridized carbons (Fsp3) is 0.125. The summed E-state index contributed by atoms with van der Waals surface area (Å²) in [5, 5.41) is 14.6. The standard InChI is InChI=1S/C16H16N2O3/c1-11(18-20)12-7-9-13(10-8-12)17-16(19)14-5-3-4-6-15(14)21-2/h3-10,20H,1-2H3,(H,17,19)/b18-11+. The van der Waals surface area contributed by atoms with E-state index < -0.39 is 0 Å². The summed E-state index contributed by atoms with van der Waals surface area (Å²) in [5.41, 5.74) is 2.42. The minimum Gasteiger partial charge on any atom is -0.496 e. The van der Waals surface area contributed by atoms with E-state index in [1.165, 1.54) is 7.11 Å². The van der Waals surface area contributed by atoms with Gasteiger partial charge >= 0.3 is 0 Å². The summed E-state index contributed by atoms with van der Waals surface area (Å²) in [6.07, 6.45) is 0. The average molecular weight is 284 g/mol. The zero-order chi connectivity index (χ0) is 15.2. The molecule has 1 amide bonds. The van der Waals surface area contributed by atoms with Crippen molar-refractivity contribution in [3.8, 4) is 5.75 Å². The summed E-state index contributed by atoms with van der Waals surface area (Å²) in [7, 11) is 1.53. The van der Waals surface area contributed by atoms with Crippen molar-refractivity contribution in [3.63, 3.8) is 0 Å². The van der Waals surface area contributed by atoms with Gasteiger partial charge in [-0.3, -0.25) is 4.79 Å². The molecule has 108 valence electrons. The van der Waals surface area contributed by atoms with Crippen molar-refractivity contribution in [1.82, 2.24) is 0 Å². The molecular weight excluding hydrogens is 268 g/mol. The molecule has 0 saturated carbocycles. The number of carbonyl (C=O) groups is 1. The van der Waals surface area contributed by atoms with Crippen molar-refractivity contribution in [3.05, 3.63) is 59.7 Å². The third kappa shape index (κ3) is 3.39. The topological polar surface area (TPSA) is 70.9 Å². The summed E-state index contributed by atoms with van der Waals surface area (Å²) in [6.45, 7) is 1.70. The Morgan fingerprint density at radius 2 is 1.81 bits per heavy atom. The van der Waals surface area contributed by atoms with Crippen LogP contribution in [0.5, 0.6) is 5.75 Å². The number of benzene rings is 2. The van der Waals surface area contributed by atoms with Crippen molar-refractivity contribution >= 4 is 17.3 Å². The first kappa shape index (κ1) is 14.6. The van der Waals surface area contributed by atoms with Crippen LogP contribution in [-0.4, -0.2) is 23.9 Å². The van der Waals surface area contributed by atoms with Gasteiger partial charge in [0.25, 0.3) is 5.91 Å². The second kappa shape index (κ2) is 6.56. The lowest BCUT2D eigenvalue weighted by Gasteiger charge is -2.09. The number of ether oxygens (including phenoxy) is 1. The van der Waals surface area contributed by atoms with Crippen molar-refractivity contribution in [2.24, 2.45) is 5.16 Å². The number of amides is 1. The first-order valence-electron chi connectivity index (χ1n) is 6.39. The number of hydrogen-bond acceptors (Lipinski definition) is 4. The number of para-hydroxylation sites is 1. The number of anilines is 1. The highest BCUT2D eigenvalue weighted by Gasteiger charge is 2.11. The van der Waals surface area contributed by atoms with E-state index in [1.54, 1.807) is 55.5 Å². The molecule has 0 fully saturated rings. The molecule has 2 rings (SSSR count). The van der Waals surface area contributed by atoms with E-state index in [9.17, 15) is 4.79 Å². The summed E-state index contributed by atoms with van der Waals surface area (Å²) in [5.74, 6) is 0.280. The van der Waals surface area contributed by atoms with Crippen LogP contribution in [0, 0.1) is 0 Å². The summed E-state index contributed by atoms with van der Waals surface area (Å²) < 4.78 is 5.16. The first-order chi connectivity index (χ1) is 10.2. The van der Waals surface area contributed by atoms with Crippen molar-refractivity contribution in [1.29, 1.82) is 0 Å². The number of nitrogens with one attached hydrogen (secondary N) is 1. The molecule has 0 aliphatic carbocycles. The third-order valence-corrected chi connectivity index (χ3v) is 3.06. The van der Waals surface area contributed by atoms with E-state index in [0.29, 0.717) is 22.7 Å². The van der Waals surface area contributed by atoms with Gasteiger partial charge < -0.3 is 15.3 Å². The van der Waals surface area contributed by atoms with Crippen LogP contribution in [-0.2, 0) is 0 Å². The van der Waals surface area contributed by atoms with E-state index in [4.69, 9.17) is 9.94 Å². The lowest BCUT2D eigenvalue weighted by Crippen LogP contribution is -2.13. The van der Waals surface area contributed by atoms with E-state index in [0.717, 1.165) is 5.56 Å². The molecule has 0 aliphatic heterocycles. The molecule has 5 heteroatoms. The van der Waals surface area contributed by atoms with Gasteiger partial charge in [0.1, 0.15) is 5.75 Å². The molecule has 0 bridgehead atoms. The molecule has 0 saturated heterocycles. The molecular formula is C16H16N2O3.